The summed E-state index contributed by atoms with van der Waals surface area (Å²) < 4.78 is 12.1. The lowest BCUT2D eigenvalue weighted by Gasteiger charge is -2.32. The van der Waals surface area contributed by atoms with Crippen LogP contribution in [0.15, 0.2) is 30.3 Å². The maximum atomic E-state index is 8.55. The zero-order valence-corrected chi connectivity index (χ0v) is 12.5. The van der Waals surface area contributed by atoms with E-state index in [0.717, 1.165) is 11.0 Å². The molecule has 1 aromatic carbocycles. The van der Waals surface area contributed by atoms with Crippen molar-refractivity contribution in [3.8, 4) is 6.07 Å². The fourth-order valence-electron chi connectivity index (χ4n) is 2.04. The van der Waals surface area contributed by atoms with Crippen LogP contribution in [-0.2, 0) is 9.31 Å². The molecule has 104 valence electrons. The summed E-state index contributed by atoms with van der Waals surface area (Å²) >= 11 is 0. The minimum absolute atomic E-state index is 0.329. The van der Waals surface area contributed by atoms with E-state index in [9.17, 15) is 0 Å². The summed E-state index contributed by atoms with van der Waals surface area (Å²) in [5.41, 5.74) is 1.39. The highest BCUT2D eigenvalue weighted by Gasteiger charge is 2.51. The molecule has 0 radical (unpaired) electrons. The van der Waals surface area contributed by atoms with Crippen LogP contribution < -0.4 is 5.46 Å². The Labute approximate surface area is 121 Å². The first kappa shape index (κ1) is 14.8. The first-order valence-corrected chi connectivity index (χ1v) is 6.85. The van der Waals surface area contributed by atoms with Gasteiger partial charge in [-0.3, -0.25) is 0 Å². The topological polar surface area (TPSA) is 42.2 Å². The maximum absolute atomic E-state index is 8.55. The van der Waals surface area contributed by atoms with Gasteiger partial charge in [0, 0.05) is 0 Å². The Kier molecular flexibility index (Phi) is 4.03. The molecule has 0 aromatic heterocycles. The molecule has 2 rings (SSSR count). The van der Waals surface area contributed by atoms with Crippen molar-refractivity contribution in [3.63, 3.8) is 0 Å². The quantitative estimate of drug-likeness (QED) is 0.792. The number of allylic oxidation sites excluding steroid dienone is 1. The van der Waals surface area contributed by atoms with Crippen molar-refractivity contribution >= 4 is 18.7 Å². The maximum Gasteiger partial charge on any atom is 0.494 e. The van der Waals surface area contributed by atoms with E-state index in [1.165, 1.54) is 0 Å². The van der Waals surface area contributed by atoms with Gasteiger partial charge in [-0.15, -0.1) is 0 Å². The van der Waals surface area contributed by atoms with E-state index in [0.29, 0.717) is 6.42 Å². The van der Waals surface area contributed by atoms with Gasteiger partial charge in [-0.1, -0.05) is 36.4 Å². The first-order valence-electron chi connectivity index (χ1n) is 6.85. The van der Waals surface area contributed by atoms with Gasteiger partial charge >= 0.3 is 7.12 Å². The van der Waals surface area contributed by atoms with Crippen LogP contribution in [-0.4, -0.2) is 18.3 Å². The SMILES string of the molecule is CC1(C)OB(c2cccc(C=CCC#N)c2)OC1(C)C. The molecule has 0 aliphatic carbocycles. The Morgan fingerprint density at radius 1 is 1.20 bits per heavy atom. The highest BCUT2D eigenvalue weighted by molar-refractivity contribution is 6.62. The largest absolute Gasteiger partial charge is 0.494 e. The number of nitriles is 1. The lowest BCUT2D eigenvalue weighted by Crippen LogP contribution is -2.41. The van der Waals surface area contributed by atoms with Crippen molar-refractivity contribution in [3.05, 3.63) is 35.9 Å². The molecule has 0 atom stereocenters. The van der Waals surface area contributed by atoms with E-state index in [1.807, 2.05) is 64.1 Å². The Bertz CT molecular complexity index is 542. The Balaban J connectivity index is 2.19. The number of benzene rings is 1. The predicted octanol–water partition coefficient (Wildman–Crippen LogP) is 2.91. The molecule has 1 aromatic rings. The second-order valence-corrected chi connectivity index (χ2v) is 6.02. The van der Waals surface area contributed by atoms with Crippen LogP contribution in [0.25, 0.3) is 6.08 Å². The van der Waals surface area contributed by atoms with E-state index in [1.54, 1.807) is 0 Å². The average molecular weight is 269 g/mol. The van der Waals surface area contributed by atoms with Crippen LogP contribution in [0.5, 0.6) is 0 Å². The molecule has 1 saturated heterocycles. The monoisotopic (exact) mass is 269 g/mol. The van der Waals surface area contributed by atoms with E-state index in [4.69, 9.17) is 14.6 Å². The molecule has 0 N–H and O–H groups in total. The van der Waals surface area contributed by atoms with Crippen molar-refractivity contribution in [1.29, 1.82) is 5.26 Å². The zero-order chi connectivity index (χ0) is 14.8. The summed E-state index contributed by atoms with van der Waals surface area (Å²) in [6, 6.07) is 10.1. The Hall–Kier alpha value is -1.57. The fraction of sp³-hybridized carbons (Fsp3) is 0.438. The predicted molar refractivity (Wildman–Crippen MR) is 81.4 cm³/mol. The lowest BCUT2D eigenvalue weighted by atomic mass is 9.78. The van der Waals surface area contributed by atoms with Gasteiger partial charge in [-0.05, 0) is 38.7 Å². The van der Waals surface area contributed by atoms with Crippen LogP contribution in [0.4, 0.5) is 0 Å². The number of hydrogen-bond acceptors (Lipinski definition) is 3. The second-order valence-electron chi connectivity index (χ2n) is 6.02. The van der Waals surface area contributed by atoms with Crippen molar-refractivity contribution in [2.75, 3.05) is 0 Å². The smallest absolute Gasteiger partial charge is 0.399 e. The highest BCUT2D eigenvalue weighted by Crippen LogP contribution is 2.36. The van der Waals surface area contributed by atoms with Crippen molar-refractivity contribution in [2.45, 2.75) is 45.3 Å². The molecule has 0 unspecified atom stereocenters. The summed E-state index contributed by atoms with van der Waals surface area (Å²) in [4.78, 5) is 0. The zero-order valence-electron chi connectivity index (χ0n) is 12.5. The lowest BCUT2D eigenvalue weighted by molar-refractivity contribution is 0.00578. The molecule has 3 nitrogen and oxygen atoms in total. The summed E-state index contributed by atoms with van der Waals surface area (Å²) in [5, 5.41) is 8.55. The second kappa shape index (κ2) is 5.44. The van der Waals surface area contributed by atoms with Gasteiger partial charge in [0.05, 0.1) is 23.7 Å². The van der Waals surface area contributed by atoms with Crippen molar-refractivity contribution in [1.82, 2.24) is 0 Å². The van der Waals surface area contributed by atoms with E-state index < -0.39 is 0 Å². The normalized spacial score (nSPS) is 20.2. The molecular formula is C16H20BNO2. The Morgan fingerprint density at radius 2 is 1.85 bits per heavy atom. The van der Waals surface area contributed by atoms with Crippen LogP contribution in [0.1, 0.15) is 39.7 Å². The molecule has 1 fully saturated rings. The third-order valence-corrected chi connectivity index (χ3v) is 3.96. The van der Waals surface area contributed by atoms with Crippen molar-refractivity contribution < 1.29 is 9.31 Å². The number of rotatable bonds is 3. The molecule has 0 bridgehead atoms. The van der Waals surface area contributed by atoms with Crippen LogP contribution in [0, 0.1) is 11.3 Å². The summed E-state index contributed by atoms with van der Waals surface area (Å²) in [5.74, 6) is 0. The van der Waals surface area contributed by atoms with Gasteiger partial charge in [0.15, 0.2) is 0 Å². The Morgan fingerprint density at radius 3 is 2.45 bits per heavy atom. The summed E-state index contributed by atoms with van der Waals surface area (Å²) in [6.07, 6.45) is 4.21. The molecule has 0 amide bonds. The fourth-order valence-corrected chi connectivity index (χ4v) is 2.04. The van der Waals surface area contributed by atoms with Crippen LogP contribution in [0.3, 0.4) is 0 Å². The average Bonchev–Trinajstić information content (AvgIpc) is 2.59. The molecule has 20 heavy (non-hydrogen) atoms. The van der Waals surface area contributed by atoms with Crippen LogP contribution in [0.2, 0.25) is 0 Å². The van der Waals surface area contributed by atoms with Gasteiger partial charge in [-0.25, -0.2) is 0 Å². The van der Waals surface area contributed by atoms with Gasteiger partial charge in [-0.2, -0.15) is 5.26 Å². The molecular weight excluding hydrogens is 249 g/mol. The third-order valence-electron chi connectivity index (χ3n) is 3.96. The van der Waals surface area contributed by atoms with E-state index >= 15 is 0 Å². The van der Waals surface area contributed by atoms with E-state index in [-0.39, 0.29) is 18.3 Å². The first-order chi connectivity index (χ1) is 9.36. The standard InChI is InChI=1S/C16H20BNO2/c1-15(2)16(3,4)20-17(19-15)14-10-7-9-13(12-14)8-5-6-11-18/h5,7-10,12H,6H2,1-4H3. The highest BCUT2D eigenvalue weighted by atomic mass is 16.7. The minimum Gasteiger partial charge on any atom is -0.399 e. The number of hydrogen-bond donors (Lipinski definition) is 0. The van der Waals surface area contributed by atoms with Gasteiger partial charge < -0.3 is 9.31 Å². The minimum atomic E-state index is -0.343. The number of nitrogens with zero attached hydrogens (tertiary/aromatic N) is 1. The summed E-state index contributed by atoms with van der Waals surface area (Å²) in [6.45, 7) is 8.18. The van der Waals surface area contributed by atoms with Crippen LogP contribution >= 0.6 is 0 Å². The van der Waals surface area contributed by atoms with Gasteiger partial charge in [0.25, 0.3) is 0 Å². The molecule has 1 heterocycles. The molecule has 4 heteroatoms. The molecule has 0 spiro atoms. The molecule has 0 saturated carbocycles. The molecule has 1 aliphatic rings. The van der Waals surface area contributed by atoms with Crippen molar-refractivity contribution in [2.24, 2.45) is 0 Å². The third kappa shape index (κ3) is 2.95. The van der Waals surface area contributed by atoms with Gasteiger partial charge in [0.1, 0.15) is 0 Å². The molecule has 1 aliphatic heterocycles. The van der Waals surface area contributed by atoms with Gasteiger partial charge in [0.2, 0.25) is 0 Å². The van der Waals surface area contributed by atoms with E-state index in [2.05, 4.69) is 6.07 Å². The summed E-state index contributed by atoms with van der Waals surface area (Å²) in [7, 11) is -0.343.